The van der Waals surface area contributed by atoms with Gasteiger partial charge in [0.25, 0.3) is 0 Å². The highest BCUT2D eigenvalue weighted by atomic mass is 32.2. The average Bonchev–Trinajstić information content (AvgIpc) is 2.98. The molecule has 0 saturated heterocycles. The molecule has 0 aliphatic heterocycles. The summed E-state index contributed by atoms with van der Waals surface area (Å²) in [5.41, 5.74) is 0.955. The molecule has 1 atom stereocenters. The van der Waals surface area contributed by atoms with E-state index in [1.165, 1.54) is 6.26 Å². The van der Waals surface area contributed by atoms with E-state index in [1.807, 2.05) is 6.92 Å². The standard InChI is InChI=1S/C16H23NO3S/c1-3-15(17-16(18)13-6-4-5-7-13)12-8-10-14(11-9-12)21(2,19)20/h8-11,13,15H,3-7H2,1-2H3,(H,17,18). The van der Waals surface area contributed by atoms with Gasteiger partial charge in [0, 0.05) is 12.2 Å². The number of rotatable bonds is 5. The lowest BCUT2D eigenvalue weighted by atomic mass is 10.0. The molecule has 0 heterocycles. The van der Waals surface area contributed by atoms with Crippen LogP contribution in [0.4, 0.5) is 0 Å². The fourth-order valence-electron chi connectivity index (χ4n) is 2.85. The lowest BCUT2D eigenvalue weighted by Gasteiger charge is -2.20. The van der Waals surface area contributed by atoms with Gasteiger partial charge in [-0.3, -0.25) is 4.79 Å². The first-order valence-corrected chi connectivity index (χ1v) is 9.41. The fourth-order valence-corrected chi connectivity index (χ4v) is 3.48. The normalized spacial score (nSPS) is 17.6. The van der Waals surface area contributed by atoms with Crippen molar-refractivity contribution >= 4 is 15.7 Å². The Morgan fingerprint density at radius 3 is 2.29 bits per heavy atom. The molecule has 1 N–H and O–H groups in total. The highest BCUT2D eigenvalue weighted by Gasteiger charge is 2.24. The van der Waals surface area contributed by atoms with Gasteiger partial charge in [-0.15, -0.1) is 0 Å². The molecule has 21 heavy (non-hydrogen) atoms. The van der Waals surface area contributed by atoms with Crippen LogP contribution in [-0.4, -0.2) is 20.6 Å². The van der Waals surface area contributed by atoms with Crippen molar-refractivity contribution in [3.05, 3.63) is 29.8 Å². The van der Waals surface area contributed by atoms with E-state index in [1.54, 1.807) is 24.3 Å². The molecule has 1 aliphatic rings. The minimum Gasteiger partial charge on any atom is -0.349 e. The predicted octanol–water partition coefficient (Wildman–Crippen LogP) is 2.85. The summed E-state index contributed by atoms with van der Waals surface area (Å²) in [6, 6.07) is 6.75. The molecule has 1 aromatic rings. The SMILES string of the molecule is CCC(NC(=O)C1CCCC1)c1ccc(S(C)(=O)=O)cc1. The lowest BCUT2D eigenvalue weighted by Crippen LogP contribution is -2.32. The van der Waals surface area contributed by atoms with Gasteiger partial charge < -0.3 is 5.32 Å². The Balaban J connectivity index is 2.08. The fraction of sp³-hybridized carbons (Fsp3) is 0.562. The number of hydrogen-bond donors (Lipinski definition) is 1. The maximum absolute atomic E-state index is 12.2. The topological polar surface area (TPSA) is 63.2 Å². The molecule has 1 saturated carbocycles. The zero-order chi connectivity index (χ0) is 15.5. The molecule has 0 spiro atoms. The Bertz CT molecular complexity index is 586. The summed E-state index contributed by atoms with van der Waals surface area (Å²) < 4.78 is 22.9. The lowest BCUT2D eigenvalue weighted by molar-refractivity contribution is -0.125. The molecule has 2 rings (SSSR count). The Morgan fingerprint density at radius 1 is 1.24 bits per heavy atom. The number of nitrogens with one attached hydrogen (secondary N) is 1. The summed E-state index contributed by atoms with van der Waals surface area (Å²) in [5, 5.41) is 3.09. The molecule has 1 amide bonds. The molecule has 5 heteroatoms. The smallest absolute Gasteiger partial charge is 0.223 e. The molecule has 116 valence electrons. The minimum atomic E-state index is -3.18. The van der Waals surface area contributed by atoms with E-state index in [2.05, 4.69) is 5.32 Å². The van der Waals surface area contributed by atoms with Gasteiger partial charge in [0.15, 0.2) is 9.84 Å². The molecule has 0 radical (unpaired) electrons. The maximum atomic E-state index is 12.2. The van der Waals surface area contributed by atoms with Gasteiger partial charge in [-0.1, -0.05) is 31.9 Å². The third-order valence-electron chi connectivity index (χ3n) is 4.16. The first-order chi connectivity index (χ1) is 9.91. The van der Waals surface area contributed by atoms with E-state index in [4.69, 9.17) is 0 Å². The van der Waals surface area contributed by atoms with Gasteiger partial charge in [-0.2, -0.15) is 0 Å². The van der Waals surface area contributed by atoms with Gasteiger partial charge >= 0.3 is 0 Å². The zero-order valence-electron chi connectivity index (χ0n) is 12.6. The maximum Gasteiger partial charge on any atom is 0.223 e. The van der Waals surface area contributed by atoms with Crippen molar-refractivity contribution in [2.75, 3.05) is 6.26 Å². The number of carbonyl (C=O) groups excluding carboxylic acids is 1. The second kappa shape index (κ2) is 6.60. The van der Waals surface area contributed by atoms with E-state index >= 15 is 0 Å². The second-order valence-electron chi connectivity index (χ2n) is 5.79. The van der Waals surface area contributed by atoms with Crippen LogP contribution in [0.2, 0.25) is 0 Å². The quantitative estimate of drug-likeness (QED) is 0.909. The Kier molecular flexibility index (Phi) is 5.04. The van der Waals surface area contributed by atoms with Crippen molar-refractivity contribution in [2.45, 2.75) is 50.0 Å². The predicted molar refractivity (Wildman–Crippen MR) is 82.7 cm³/mol. The number of carbonyl (C=O) groups is 1. The summed E-state index contributed by atoms with van der Waals surface area (Å²) in [7, 11) is -3.18. The van der Waals surface area contributed by atoms with E-state index in [-0.39, 0.29) is 17.9 Å². The molecule has 0 bridgehead atoms. The van der Waals surface area contributed by atoms with Crippen LogP contribution in [0.1, 0.15) is 50.6 Å². The summed E-state index contributed by atoms with van der Waals surface area (Å²) in [4.78, 5) is 12.5. The first-order valence-electron chi connectivity index (χ1n) is 7.52. The van der Waals surface area contributed by atoms with Gasteiger partial charge in [-0.25, -0.2) is 8.42 Å². The summed E-state index contributed by atoms with van der Waals surface area (Å²) >= 11 is 0. The van der Waals surface area contributed by atoms with Crippen LogP contribution < -0.4 is 5.32 Å². The van der Waals surface area contributed by atoms with Crippen LogP contribution in [0.3, 0.4) is 0 Å². The van der Waals surface area contributed by atoms with E-state index < -0.39 is 9.84 Å². The zero-order valence-corrected chi connectivity index (χ0v) is 13.4. The van der Waals surface area contributed by atoms with Gasteiger partial charge in [0.05, 0.1) is 10.9 Å². The molecule has 0 aromatic heterocycles. The van der Waals surface area contributed by atoms with Crippen LogP contribution in [0, 0.1) is 5.92 Å². The second-order valence-corrected chi connectivity index (χ2v) is 7.81. The molecular weight excluding hydrogens is 286 g/mol. The first kappa shape index (κ1) is 16.0. The van der Waals surface area contributed by atoms with E-state index in [0.717, 1.165) is 37.7 Å². The number of benzene rings is 1. The van der Waals surface area contributed by atoms with Crippen LogP contribution in [0.25, 0.3) is 0 Å². The molecule has 1 aromatic carbocycles. The van der Waals surface area contributed by atoms with Crippen LogP contribution in [0.15, 0.2) is 29.2 Å². The van der Waals surface area contributed by atoms with Gasteiger partial charge in [-0.05, 0) is 37.0 Å². The molecular formula is C16H23NO3S. The third-order valence-corrected chi connectivity index (χ3v) is 5.29. The largest absolute Gasteiger partial charge is 0.349 e. The van der Waals surface area contributed by atoms with Gasteiger partial charge in [0.2, 0.25) is 5.91 Å². The highest BCUT2D eigenvalue weighted by Crippen LogP contribution is 2.26. The summed E-state index contributed by atoms with van der Waals surface area (Å²) in [6.45, 7) is 2.02. The van der Waals surface area contributed by atoms with Crippen molar-refractivity contribution in [1.82, 2.24) is 5.32 Å². The van der Waals surface area contributed by atoms with Crippen LogP contribution >= 0.6 is 0 Å². The van der Waals surface area contributed by atoms with Crippen LogP contribution in [0.5, 0.6) is 0 Å². The highest BCUT2D eigenvalue weighted by molar-refractivity contribution is 7.90. The molecule has 1 aliphatic carbocycles. The van der Waals surface area contributed by atoms with Crippen molar-refractivity contribution in [3.8, 4) is 0 Å². The van der Waals surface area contributed by atoms with Crippen molar-refractivity contribution in [1.29, 1.82) is 0 Å². The monoisotopic (exact) mass is 309 g/mol. The van der Waals surface area contributed by atoms with Gasteiger partial charge in [0.1, 0.15) is 0 Å². The summed E-state index contributed by atoms with van der Waals surface area (Å²) in [5.74, 6) is 0.279. The molecule has 1 unspecified atom stereocenters. The van der Waals surface area contributed by atoms with Crippen molar-refractivity contribution in [2.24, 2.45) is 5.92 Å². The summed E-state index contributed by atoms with van der Waals surface area (Å²) in [6.07, 6.45) is 6.22. The van der Waals surface area contributed by atoms with E-state index in [0.29, 0.717) is 4.90 Å². The Morgan fingerprint density at radius 2 is 1.81 bits per heavy atom. The number of amides is 1. The Hall–Kier alpha value is -1.36. The average molecular weight is 309 g/mol. The molecule has 4 nitrogen and oxygen atoms in total. The number of hydrogen-bond acceptors (Lipinski definition) is 3. The van der Waals surface area contributed by atoms with Crippen LogP contribution in [-0.2, 0) is 14.6 Å². The van der Waals surface area contributed by atoms with Crippen molar-refractivity contribution < 1.29 is 13.2 Å². The van der Waals surface area contributed by atoms with E-state index in [9.17, 15) is 13.2 Å². The van der Waals surface area contributed by atoms with Crippen molar-refractivity contribution in [3.63, 3.8) is 0 Å². The minimum absolute atomic E-state index is 0.0493. The molecule has 1 fully saturated rings. The number of sulfone groups is 1. The Labute approximate surface area is 126 Å². The third kappa shape index (κ3) is 4.06.